The maximum atomic E-state index is 11.2. The molecule has 0 aliphatic carbocycles. The predicted octanol–water partition coefficient (Wildman–Crippen LogP) is -0.469. The number of hydrogen-bond acceptors (Lipinski definition) is 9. The van der Waals surface area contributed by atoms with Crippen molar-refractivity contribution in [2.45, 2.75) is 6.42 Å². The number of aliphatic carboxylic acids is 1. The first-order valence-electron chi connectivity index (χ1n) is 7.97. The number of nitrogen functional groups attached to an aromatic ring is 3. The van der Waals surface area contributed by atoms with Crippen molar-refractivity contribution in [1.29, 1.82) is 0 Å². The number of hydrogen-bond donors (Lipinski definition) is 6. The molecule has 0 aromatic carbocycles. The number of likely N-dealkylation sites (N-methyl/N-ethyl adjacent to an activating group) is 2. The van der Waals surface area contributed by atoms with E-state index in [0.29, 0.717) is 30.0 Å². The van der Waals surface area contributed by atoms with Gasteiger partial charge in [-0.3, -0.25) is 19.6 Å². The molecule has 0 aliphatic rings. The van der Waals surface area contributed by atoms with Crippen molar-refractivity contribution < 1.29 is 14.7 Å². The number of nitrogens with one attached hydrogen (secondary N) is 2. The molecule has 2 rings (SSSR count). The van der Waals surface area contributed by atoms with Gasteiger partial charge in [0.05, 0.1) is 30.7 Å². The molecule has 0 atom stereocenters. The average Bonchev–Trinajstić information content (AvgIpc) is 2.61. The lowest BCUT2D eigenvalue weighted by molar-refractivity contribution is -0.135. The van der Waals surface area contributed by atoms with Crippen LogP contribution in [0.1, 0.15) is 5.56 Å². The molecule has 0 amide bonds. The molecule has 2 heterocycles. The molecule has 2 aromatic rings. The molecule has 0 fully saturated rings. The summed E-state index contributed by atoms with van der Waals surface area (Å²) in [5.74, 6) is -0.709. The summed E-state index contributed by atoms with van der Waals surface area (Å²) in [6, 6.07) is 3.36. The lowest BCUT2D eigenvalue weighted by atomic mass is 10.1. The van der Waals surface area contributed by atoms with Gasteiger partial charge in [-0.15, -0.1) is 0 Å². The van der Waals surface area contributed by atoms with E-state index < -0.39 is 5.97 Å². The Kier molecular flexibility index (Phi) is 12.3. The van der Waals surface area contributed by atoms with E-state index in [0.717, 1.165) is 5.56 Å². The third-order valence-electron chi connectivity index (χ3n) is 2.92. The predicted molar refractivity (Wildman–Crippen MR) is 106 cm³/mol. The minimum atomic E-state index is -0.822. The van der Waals surface area contributed by atoms with E-state index in [4.69, 9.17) is 22.3 Å². The summed E-state index contributed by atoms with van der Waals surface area (Å²) in [5, 5.41) is 13.1. The molecule has 10 nitrogen and oxygen atoms in total. The highest BCUT2D eigenvalue weighted by Crippen LogP contribution is 2.09. The molecule has 0 spiro atoms. The van der Waals surface area contributed by atoms with Gasteiger partial charge < -0.3 is 32.9 Å². The molecular weight excluding hydrogens is 350 g/mol. The molecule has 0 unspecified atom stereocenters. The zero-order valence-electron chi connectivity index (χ0n) is 15.5. The standard InChI is InChI=1S/C9H13N3O.C5H7N3.C3H7NO2/c1-11-6-8(13)4-7-5-12-3-2-9(7)10;6-4-1-2-8-3-5(4)7;1-4-2-3(5)6/h2-3,5,11H,4,6H2,1H3,(H2,10,12);1-3H,7H2,(H2,6,8);4H,2H2,1H3,(H,5,6). The highest BCUT2D eigenvalue weighted by atomic mass is 16.4. The van der Waals surface area contributed by atoms with Crippen LogP contribution in [-0.4, -0.2) is 54.0 Å². The highest BCUT2D eigenvalue weighted by molar-refractivity contribution is 5.83. The number of nitrogens with zero attached hydrogens (tertiary/aromatic N) is 2. The summed E-state index contributed by atoms with van der Waals surface area (Å²) in [7, 11) is 3.33. The number of carbonyl (C=O) groups is 2. The van der Waals surface area contributed by atoms with Gasteiger partial charge in [-0.25, -0.2) is 0 Å². The Morgan fingerprint density at radius 1 is 0.926 bits per heavy atom. The van der Waals surface area contributed by atoms with E-state index in [1.54, 1.807) is 44.8 Å². The van der Waals surface area contributed by atoms with Crippen LogP contribution in [0, 0.1) is 0 Å². The van der Waals surface area contributed by atoms with Gasteiger partial charge in [-0.1, -0.05) is 0 Å². The van der Waals surface area contributed by atoms with E-state index >= 15 is 0 Å². The fourth-order valence-corrected chi connectivity index (χ4v) is 1.63. The van der Waals surface area contributed by atoms with Crippen LogP contribution in [0.5, 0.6) is 0 Å². The lowest BCUT2D eigenvalue weighted by Crippen LogP contribution is -2.20. The van der Waals surface area contributed by atoms with E-state index in [-0.39, 0.29) is 12.3 Å². The van der Waals surface area contributed by atoms with E-state index in [1.807, 2.05) is 0 Å². The number of Topliss-reactive ketones (excluding diaryl/α,β-unsaturated/α-hetero) is 1. The van der Waals surface area contributed by atoms with Crippen LogP contribution in [0.15, 0.2) is 36.9 Å². The van der Waals surface area contributed by atoms with Crippen LogP contribution in [-0.2, 0) is 16.0 Å². The van der Waals surface area contributed by atoms with E-state index in [2.05, 4.69) is 20.6 Å². The molecular formula is C17H27N7O3. The first-order chi connectivity index (χ1) is 12.8. The number of aromatic nitrogens is 2. The van der Waals surface area contributed by atoms with Crippen molar-refractivity contribution in [1.82, 2.24) is 20.6 Å². The van der Waals surface area contributed by atoms with Gasteiger partial charge in [0.1, 0.15) is 0 Å². The van der Waals surface area contributed by atoms with Crippen molar-refractivity contribution in [3.05, 3.63) is 42.5 Å². The highest BCUT2D eigenvalue weighted by Gasteiger charge is 2.04. The third-order valence-corrected chi connectivity index (χ3v) is 2.92. The number of carboxylic acids is 1. The first-order valence-corrected chi connectivity index (χ1v) is 7.97. The average molecular weight is 377 g/mol. The minimum absolute atomic E-state index is 0.0417. The second-order valence-electron chi connectivity index (χ2n) is 5.25. The SMILES string of the molecule is CNCC(=O)Cc1cnccc1N.CNCC(=O)O.Nc1ccncc1N. The van der Waals surface area contributed by atoms with Gasteiger partial charge in [-0.05, 0) is 26.2 Å². The van der Waals surface area contributed by atoms with E-state index in [9.17, 15) is 9.59 Å². The fraction of sp³-hybridized carbons (Fsp3) is 0.294. The molecule has 0 aliphatic heterocycles. The second kappa shape index (κ2) is 14.0. The second-order valence-corrected chi connectivity index (χ2v) is 5.25. The van der Waals surface area contributed by atoms with Crippen LogP contribution in [0.25, 0.3) is 0 Å². The Morgan fingerprint density at radius 3 is 1.85 bits per heavy atom. The smallest absolute Gasteiger partial charge is 0.317 e. The molecule has 0 radical (unpaired) electrons. The first kappa shape index (κ1) is 23.8. The summed E-state index contributed by atoms with van der Waals surface area (Å²) in [4.78, 5) is 28.4. The largest absolute Gasteiger partial charge is 0.480 e. The Balaban J connectivity index is 0.000000413. The maximum Gasteiger partial charge on any atom is 0.317 e. The zero-order valence-corrected chi connectivity index (χ0v) is 15.5. The number of anilines is 3. The number of nitrogens with two attached hydrogens (primary N) is 3. The van der Waals surface area contributed by atoms with Crippen molar-refractivity contribution >= 4 is 28.8 Å². The molecule has 0 bridgehead atoms. The molecule has 148 valence electrons. The number of rotatable bonds is 6. The number of ketones is 1. The molecule has 10 heteroatoms. The maximum absolute atomic E-state index is 11.2. The van der Waals surface area contributed by atoms with Gasteiger partial charge in [0.15, 0.2) is 5.78 Å². The Hall–Kier alpha value is -3.24. The monoisotopic (exact) mass is 377 g/mol. The molecule has 0 saturated heterocycles. The zero-order chi connectivity index (χ0) is 20.7. The molecule has 9 N–H and O–H groups in total. The van der Waals surface area contributed by atoms with Gasteiger partial charge in [0.2, 0.25) is 0 Å². The fourth-order valence-electron chi connectivity index (χ4n) is 1.63. The minimum Gasteiger partial charge on any atom is -0.480 e. The van der Waals surface area contributed by atoms with Gasteiger partial charge in [0.25, 0.3) is 0 Å². The molecule has 2 aromatic heterocycles. The van der Waals surface area contributed by atoms with Gasteiger partial charge >= 0.3 is 5.97 Å². The van der Waals surface area contributed by atoms with Crippen LogP contribution < -0.4 is 27.8 Å². The van der Waals surface area contributed by atoms with Crippen LogP contribution in [0.2, 0.25) is 0 Å². The number of carbonyl (C=O) groups excluding carboxylic acids is 1. The number of carboxylic acid groups (broad SMARTS) is 1. The molecule has 0 saturated carbocycles. The normalized spacial score (nSPS) is 9.26. The summed E-state index contributed by atoms with van der Waals surface area (Å²) < 4.78 is 0. The van der Waals surface area contributed by atoms with Crippen molar-refractivity contribution in [2.24, 2.45) is 0 Å². The Labute approximate surface area is 158 Å². The topological polar surface area (TPSA) is 182 Å². The van der Waals surface area contributed by atoms with Crippen LogP contribution in [0.4, 0.5) is 17.1 Å². The van der Waals surface area contributed by atoms with E-state index in [1.165, 1.54) is 6.20 Å². The number of pyridine rings is 2. The lowest BCUT2D eigenvalue weighted by Gasteiger charge is -2.02. The Morgan fingerprint density at radius 2 is 1.48 bits per heavy atom. The van der Waals surface area contributed by atoms with Crippen LogP contribution in [0.3, 0.4) is 0 Å². The molecule has 27 heavy (non-hydrogen) atoms. The van der Waals surface area contributed by atoms with Gasteiger partial charge in [-0.2, -0.15) is 0 Å². The Bertz CT molecular complexity index is 689. The van der Waals surface area contributed by atoms with Crippen molar-refractivity contribution in [3.63, 3.8) is 0 Å². The van der Waals surface area contributed by atoms with Gasteiger partial charge in [0, 0.05) is 36.3 Å². The quantitative estimate of drug-likeness (QED) is 0.385. The van der Waals surface area contributed by atoms with Crippen molar-refractivity contribution in [3.8, 4) is 0 Å². The van der Waals surface area contributed by atoms with Crippen molar-refractivity contribution in [2.75, 3.05) is 44.4 Å². The summed E-state index contributed by atoms with van der Waals surface area (Å²) in [6.45, 7) is 0.411. The van der Waals surface area contributed by atoms with Crippen LogP contribution >= 0.6 is 0 Å². The summed E-state index contributed by atoms with van der Waals surface area (Å²) >= 11 is 0. The summed E-state index contributed by atoms with van der Waals surface area (Å²) in [6.07, 6.45) is 6.71. The third kappa shape index (κ3) is 11.9. The summed E-state index contributed by atoms with van der Waals surface area (Å²) in [5.41, 5.74) is 18.9.